The Hall–Kier alpha value is -0.130. The summed E-state index contributed by atoms with van der Waals surface area (Å²) < 4.78 is 29.2. The van der Waals surface area contributed by atoms with Crippen molar-refractivity contribution in [2.45, 2.75) is 38.9 Å². The number of sulfone groups is 1. The standard InChI is InChI=1S/C18H36N4O3S.HI/c1-5-19-17(20-7-13-26(23,24)18(2,3)4)22-8-6-16(15-22)14-21-9-11-25-12-10-21;/h16H,5-15H2,1-4H3,(H,19,20);1H. The Morgan fingerprint density at radius 1 is 1.22 bits per heavy atom. The van der Waals surface area contributed by atoms with Crippen molar-refractivity contribution in [3.05, 3.63) is 0 Å². The molecule has 2 aliphatic heterocycles. The fourth-order valence-electron chi connectivity index (χ4n) is 3.33. The normalized spacial score (nSPS) is 22.6. The second kappa shape index (κ2) is 11.2. The van der Waals surface area contributed by atoms with Crippen LogP contribution in [0.15, 0.2) is 4.99 Å². The molecule has 27 heavy (non-hydrogen) atoms. The van der Waals surface area contributed by atoms with Crippen molar-refractivity contribution in [2.24, 2.45) is 10.9 Å². The monoisotopic (exact) mass is 516 g/mol. The maximum Gasteiger partial charge on any atom is 0.193 e. The fourth-order valence-corrected chi connectivity index (χ4v) is 4.27. The van der Waals surface area contributed by atoms with Crippen molar-refractivity contribution in [1.82, 2.24) is 15.1 Å². The number of hydrogen-bond donors (Lipinski definition) is 1. The van der Waals surface area contributed by atoms with Crippen LogP contribution in [0, 0.1) is 5.92 Å². The Bertz CT molecular complexity index is 572. The zero-order chi connectivity index (χ0) is 19.2. The van der Waals surface area contributed by atoms with Crippen molar-refractivity contribution >= 4 is 39.8 Å². The Labute approximate surface area is 182 Å². The third kappa shape index (κ3) is 7.66. The third-order valence-corrected chi connectivity index (χ3v) is 7.68. The lowest BCUT2D eigenvalue weighted by Crippen LogP contribution is -2.42. The van der Waals surface area contributed by atoms with Crippen LogP contribution < -0.4 is 5.32 Å². The Morgan fingerprint density at radius 3 is 2.48 bits per heavy atom. The molecule has 0 saturated carbocycles. The van der Waals surface area contributed by atoms with Crippen LogP contribution in [0.4, 0.5) is 0 Å². The molecule has 2 heterocycles. The molecule has 0 aliphatic carbocycles. The highest BCUT2D eigenvalue weighted by atomic mass is 127. The van der Waals surface area contributed by atoms with Gasteiger partial charge in [-0.05, 0) is 40.0 Å². The van der Waals surface area contributed by atoms with E-state index >= 15 is 0 Å². The van der Waals surface area contributed by atoms with E-state index in [0.29, 0.717) is 12.5 Å². The zero-order valence-electron chi connectivity index (χ0n) is 17.2. The molecule has 2 saturated heterocycles. The first kappa shape index (κ1) is 24.9. The maximum absolute atomic E-state index is 12.3. The van der Waals surface area contributed by atoms with Gasteiger partial charge in [0.15, 0.2) is 15.8 Å². The van der Waals surface area contributed by atoms with Gasteiger partial charge in [-0.25, -0.2) is 8.42 Å². The SMILES string of the molecule is CCNC(=NCCS(=O)(=O)C(C)(C)C)N1CCC(CN2CCOCC2)C1.I. The van der Waals surface area contributed by atoms with Crippen LogP contribution in [0.1, 0.15) is 34.1 Å². The fraction of sp³-hybridized carbons (Fsp3) is 0.944. The summed E-state index contributed by atoms with van der Waals surface area (Å²) in [7, 11) is -3.13. The highest BCUT2D eigenvalue weighted by molar-refractivity contribution is 14.0. The van der Waals surface area contributed by atoms with E-state index in [1.807, 2.05) is 6.92 Å². The summed E-state index contributed by atoms with van der Waals surface area (Å²) in [5.41, 5.74) is 0. The molecule has 7 nitrogen and oxygen atoms in total. The summed E-state index contributed by atoms with van der Waals surface area (Å²) in [6.07, 6.45) is 1.15. The predicted octanol–water partition coefficient (Wildman–Crippen LogP) is 1.44. The minimum Gasteiger partial charge on any atom is -0.379 e. The minimum atomic E-state index is -3.13. The first-order chi connectivity index (χ1) is 12.2. The van der Waals surface area contributed by atoms with Crippen LogP contribution in [0.5, 0.6) is 0 Å². The second-order valence-corrected chi connectivity index (χ2v) is 11.0. The number of nitrogens with one attached hydrogen (secondary N) is 1. The molecule has 0 aromatic heterocycles. The van der Waals surface area contributed by atoms with Gasteiger partial charge >= 0.3 is 0 Å². The van der Waals surface area contributed by atoms with E-state index in [2.05, 4.69) is 20.1 Å². The van der Waals surface area contributed by atoms with Gasteiger partial charge in [-0.1, -0.05) is 0 Å². The van der Waals surface area contributed by atoms with Crippen molar-refractivity contribution in [3.63, 3.8) is 0 Å². The van der Waals surface area contributed by atoms with Crippen LogP contribution in [0.2, 0.25) is 0 Å². The molecule has 0 radical (unpaired) electrons. The second-order valence-electron chi connectivity index (χ2n) is 8.18. The van der Waals surface area contributed by atoms with E-state index in [4.69, 9.17) is 4.74 Å². The van der Waals surface area contributed by atoms with E-state index in [1.54, 1.807) is 20.8 Å². The summed E-state index contributed by atoms with van der Waals surface area (Å²) in [4.78, 5) is 9.35. The lowest BCUT2D eigenvalue weighted by Gasteiger charge is -2.29. The van der Waals surface area contributed by atoms with E-state index < -0.39 is 14.6 Å². The number of hydrogen-bond acceptors (Lipinski definition) is 5. The van der Waals surface area contributed by atoms with Crippen LogP contribution >= 0.6 is 24.0 Å². The number of rotatable bonds is 6. The number of likely N-dealkylation sites (tertiary alicyclic amines) is 1. The van der Waals surface area contributed by atoms with Gasteiger partial charge in [0.1, 0.15) is 0 Å². The molecule has 2 aliphatic rings. The van der Waals surface area contributed by atoms with Crippen LogP contribution in [0.3, 0.4) is 0 Å². The van der Waals surface area contributed by atoms with Gasteiger partial charge in [-0.15, -0.1) is 24.0 Å². The van der Waals surface area contributed by atoms with Crippen molar-refractivity contribution in [1.29, 1.82) is 0 Å². The van der Waals surface area contributed by atoms with Crippen LogP contribution in [-0.4, -0.2) is 93.7 Å². The molecule has 9 heteroatoms. The lowest BCUT2D eigenvalue weighted by atomic mass is 10.1. The highest BCUT2D eigenvalue weighted by Crippen LogP contribution is 2.19. The number of halogens is 1. The maximum atomic E-state index is 12.3. The molecule has 160 valence electrons. The Balaban J connectivity index is 0.00000364. The molecule has 1 unspecified atom stereocenters. The number of aliphatic imine (C=N–C) groups is 1. The molecule has 2 rings (SSSR count). The number of guanidine groups is 1. The summed E-state index contributed by atoms with van der Waals surface area (Å²) in [5.74, 6) is 1.58. The topological polar surface area (TPSA) is 74.2 Å². The number of morpholine rings is 1. The minimum absolute atomic E-state index is 0. The Kier molecular flexibility index (Phi) is 10.3. The molecule has 1 atom stereocenters. The lowest BCUT2D eigenvalue weighted by molar-refractivity contribution is 0.0315. The van der Waals surface area contributed by atoms with Gasteiger partial charge < -0.3 is 15.0 Å². The molecule has 0 aromatic rings. The van der Waals surface area contributed by atoms with Crippen molar-refractivity contribution in [2.75, 3.05) is 64.8 Å². The van der Waals surface area contributed by atoms with E-state index in [9.17, 15) is 8.42 Å². The average molecular weight is 516 g/mol. The summed E-state index contributed by atoms with van der Waals surface area (Å²) in [6, 6.07) is 0. The molecule has 0 bridgehead atoms. The number of ether oxygens (including phenoxy) is 1. The van der Waals surface area contributed by atoms with Crippen LogP contribution in [0.25, 0.3) is 0 Å². The van der Waals surface area contributed by atoms with Gasteiger partial charge in [0.25, 0.3) is 0 Å². The molecular formula is C18H37IN4O3S. The smallest absolute Gasteiger partial charge is 0.193 e. The summed E-state index contributed by atoms with van der Waals surface area (Å²) in [6.45, 7) is 15.2. The quantitative estimate of drug-likeness (QED) is 0.327. The number of nitrogens with zero attached hydrogens (tertiary/aromatic N) is 3. The molecule has 2 fully saturated rings. The summed E-state index contributed by atoms with van der Waals surface area (Å²) in [5, 5.41) is 3.32. The average Bonchev–Trinajstić information content (AvgIpc) is 3.02. The molecule has 1 N–H and O–H groups in total. The molecule has 0 amide bonds. The van der Waals surface area contributed by atoms with E-state index in [0.717, 1.165) is 64.9 Å². The van der Waals surface area contributed by atoms with E-state index in [1.165, 1.54) is 0 Å². The van der Waals surface area contributed by atoms with Crippen molar-refractivity contribution < 1.29 is 13.2 Å². The first-order valence-electron chi connectivity index (χ1n) is 9.78. The highest BCUT2D eigenvalue weighted by Gasteiger charge is 2.29. The zero-order valence-corrected chi connectivity index (χ0v) is 20.4. The van der Waals surface area contributed by atoms with Crippen LogP contribution in [-0.2, 0) is 14.6 Å². The van der Waals surface area contributed by atoms with Gasteiger partial charge in [-0.3, -0.25) is 9.89 Å². The van der Waals surface area contributed by atoms with Gasteiger partial charge in [0.2, 0.25) is 0 Å². The van der Waals surface area contributed by atoms with Crippen molar-refractivity contribution in [3.8, 4) is 0 Å². The van der Waals surface area contributed by atoms with Gasteiger partial charge in [0.05, 0.1) is 30.3 Å². The summed E-state index contributed by atoms with van der Waals surface area (Å²) >= 11 is 0. The predicted molar refractivity (Wildman–Crippen MR) is 122 cm³/mol. The van der Waals surface area contributed by atoms with Gasteiger partial charge in [-0.2, -0.15) is 0 Å². The molecule has 0 aromatic carbocycles. The van der Waals surface area contributed by atoms with E-state index in [-0.39, 0.29) is 29.7 Å². The molecular weight excluding hydrogens is 479 g/mol. The molecule has 0 spiro atoms. The first-order valence-corrected chi connectivity index (χ1v) is 11.4. The van der Waals surface area contributed by atoms with Gasteiger partial charge in [0, 0.05) is 39.3 Å². The third-order valence-electron chi connectivity index (χ3n) is 5.09. The Morgan fingerprint density at radius 2 is 1.89 bits per heavy atom. The largest absolute Gasteiger partial charge is 0.379 e.